The van der Waals surface area contributed by atoms with Gasteiger partial charge in [-0.15, -0.1) is 0 Å². The van der Waals surface area contributed by atoms with E-state index in [2.05, 4.69) is 0 Å². The Bertz CT molecular complexity index is 175. The first-order chi connectivity index (χ1) is 8.03. The van der Waals surface area contributed by atoms with Crippen molar-refractivity contribution < 1.29 is 30.6 Å². The van der Waals surface area contributed by atoms with Gasteiger partial charge in [-0.05, 0) is 25.7 Å². The van der Waals surface area contributed by atoms with E-state index in [-0.39, 0.29) is 13.0 Å². The summed E-state index contributed by atoms with van der Waals surface area (Å²) in [6.07, 6.45) is -0.128. The molecule has 0 radical (unpaired) electrons. The lowest BCUT2D eigenvalue weighted by molar-refractivity contribution is -0.0326. The van der Waals surface area contributed by atoms with Crippen LogP contribution in [-0.4, -0.2) is 69.3 Å². The first kappa shape index (κ1) is 16.8. The lowest BCUT2D eigenvalue weighted by atomic mass is 9.83. The van der Waals surface area contributed by atoms with Crippen LogP contribution >= 0.6 is 0 Å². The highest BCUT2D eigenvalue weighted by atomic mass is 16.3. The van der Waals surface area contributed by atoms with Gasteiger partial charge < -0.3 is 30.6 Å². The van der Waals surface area contributed by atoms with Gasteiger partial charge in [-0.3, -0.25) is 0 Å². The van der Waals surface area contributed by atoms with Gasteiger partial charge in [-0.2, -0.15) is 0 Å². The molecule has 0 aliphatic rings. The van der Waals surface area contributed by atoms with Gasteiger partial charge >= 0.3 is 0 Å². The molecule has 0 fully saturated rings. The van der Waals surface area contributed by atoms with E-state index in [0.29, 0.717) is 19.3 Å². The highest BCUT2D eigenvalue weighted by Crippen LogP contribution is 2.24. The van der Waals surface area contributed by atoms with Crippen LogP contribution in [0.1, 0.15) is 25.7 Å². The minimum Gasteiger partial charge on any atom is -0.396 e. The minimum absolute atomic E-state index is 0.103. The van der Waals surface area contributed by atoms with E-state index >= 15 is 0 Å². The molecule has 0 heterocycles. The highest BCUT2D eigenvalue weighted by Gasteiger charge is 2.30. The number of hydrogen-bond donors (Lipinski definition) is 6. The third-order valence-corrected chi connectivity index (χ3v) is 2.96. The largest absolute Gasteiger partial charge is 0.396 e. The number of aliphatic hydroxyl groups excluding tert-OH is 6. The lowest BCUT2D eigenvalue weighted by Gasteiger charge is -2.29. The molecule has 2 atom stereocenters. The minimum atomic E-state index is -1.06. The molecule has 0 aliphatic carbocycles. The molecule has 0 saturated carbocycles. The van der Waals surface area contributed by atoms with Crippen LogP contribution in [0, 0.1) is 5.41 Å². The van der Waals surface area contributed by atoms with Crippen LogP contribution in [0.25, 0.3) is 0 Å². The molecular weight excluding hydrogens is 228 g/mol. The molecule has 0 spiro atoms. The van der Waals surface area contributed by atoms with Crippen LogP contribution < -0.4 is 0 Å². The molecule has 0 aromatic rings. The quantitative estimate of drug-likeness (QED) is 0.273. The number of aliphatic hydroxyl groups is 6. The molecule has 0 rings (SSSR count). The molecular formula is C11H24O6. The van der Waals surface area contributed by atoms with Crippen molar-refractivity contribution in [2.45, 2.75) is 37.9 Å². The zero-order chi connectivity index (χ0) is 13.3. The van der Waals surface area contributed by atoms with Gasteiger partial charge in [0.2, 0.25) is 0 Å². The maximum Gasteiger partial charge on any atom is 0.0771 e. The highest BCUT2D eigenvalue weighted by molar-refractivity contribution is 4.80. The second-order valence-corrected chi connectivity index (χ2v) is 4.60. The van der Waals surface area contributed by atoms with Crippen LogP contribution in [0.15, 0.2) is 0 Å². The molecule has 6 nitrogen and oxygen atoms in total. The van der Waals surface area contributed by atoms with Crippen molar-refractivity contribution in [2.75, 3.05) is 26.4 Å². The Morgan fingerprint density at radius 3 is 1.65 bits per heavy atom. The van der Waals surface area contributed by atoms with E-state index < -0.39 is 37.4 Å². The van der Waals surface area contributed by atoms with E-state index in [1.165, 1.54) is 0 Å². The summed E-state index contributed by atoms with van der Waals surface area (Å²) in [4.78, 5) is 0. The van der Waals surface area contributed by atoms with Gasteiger partial charge in [0, 0.05) is 5.41 Å². The van der Waals surface area contributed by atoms with Crippen molar-refractivity contribution in [3.8, 4) is 0 Å². The molecule has 6 heteroatoms. The van der Waals surface area contributed by atoms with Crippen LogP contribution in [0.4, 0.5) is 0 Å². The third kappa shape index (κ3) is 6.30. The predicted octanol–water partition coefficient (Wildman–Crippen LogP) is -1.78. The third-order valence-electron chi connectivity index (χ3n) is 2.96. The number of rotatable bonds is 10. The Labute approximate surface area is 101 Å². The SMILES string of the molecule is OCC(O)CCCC(O)CC(CO)(CO)CO. The molecule has 0 aromatic heterocycles. The Kier molecular flexibility index (Phi) is 8.67. The summed E-state index contributed by atoms with van der Waals surface area (Å²) in [5.41, 5.74) is -1.06. The second-order valence-electron chi connectivity index (χ2n) is 4.60. The molecule has 0 amide bonds. The maximum absolute atomic E-state index is 9.69. The summed E-state index contributed by atoms with van der Waals surface area (Å²) in [7, 11) is 0. The average Bonchev–Trinajstić information content (AvgIpc) is 2.36. The Morgan fingerprint density at radius 1 is 0.765 bits per heavy atom. The summed E-state index contributed by atoms with van der Waals surface area (Å²) < 4.78 is 0. The van der Waals surface area contributed by atoms with E-state index in [1.807, 2.05) is 0 Å². The maximum atomic E-state index is 9.69. The van der Waals surface area contributed by atoms with Crippen LogP contribution in [0.3, 0.4) is 0 Å². The van der Waals surface area contributed by atoms with Crippen LogP contribution in [0.2, 0.25) is 0 Å². The van der Waals surface area contributed by atoms with Crippen LogP contribution in [-0.2, 0) is 0 Å². The fourth-order valence-electron chi connectivity index (χ4n) is 1.63. The van der Waals surface area contributed by atoms with Gasteiger partial charge in [0.25, 0.3) is 0 Å². The zero-order valence-electron chi connectivity index (χ0n) is 9.99. The molecule has 0 bridgehead atoms. The second kappa shape index (κ2) is 8.79. The molecule has 0 aliphatic heterocycles. The predicted molar refractivity (Wildman–Crippen MR) is 61.3 cm³/mol. The van der Waals surface area contributed by atoms with Gasteiger partial charge in [0.15, 0.2) is 0 Å². The molecule has 0 saturated heterocycles. The van der Waals surface area contributed by atoms with Crippen molar-refractivity contribution in [1.82, 2.24) is 0 Å². The summed E-state index contributed by atoms with van der Waals surface area (Å²) >= 11 is 0. The van der Waals surface area contributed by atoms with Crippen molar-refractivity contribution in [3.63, 3.8) is 0 Å². The molecule has 0 aromatic carbocycles. The fraction of sp³-hybridized carbons (Fsp3) is 1.00. The van der Waals surface area contributed by atoms with E-state index in [4.69, 9.17) is 25.5 Å². The van der Waals surface area contributed by atoms with E-state index in [9.17, 15) is 5.11 Å². The summed E-state index contributed by atoms with van der Waals surface area (Å²) in [6, 6.07) is 0. The van der Waals surface area contributed by atoms with Gasteiger partial charge in [-0.1, -0.05) is 0 Å². The van der Waals surface area contributed by atoms with Gasteiger partial charge in [-0.25, -0.2) is 0 Å². The Morgan fingerprint density at radius 2 is 1.24 bits per heavy atom. The standard InChI is InChI=1S/C11H24O6/c12-5-10(17)3-1-2-9(16)4-11(6-13,7-14)8-15/h9-10,12-17H,1-8H2. The summed E-state index contributed by atoms with van der Waals surface area (Å²) in [6.45, 7) is -1.48. The molecule has 104 valence electrons. The first-order valence-electron chi connectivity index (χ1n) is 5.83. The monoisotopic (exact) mass is 252 g/mol. The Balaban J connectivity index is 3.94. The molecule has 17 heavy (non-hydrogen) atoms. The van der Waals surface area contributed by atoms with Gasteiger partial charge in [0.1, 0.15) is 0 Å². The summed E-state index contributed by atoms with van der Waals surface area (Å²) in [5, 5.41) is 54.6. The van der Waals surface area contributed by atoms with Crippen molar-refractivity contribution in [1.29, 1.82) is 0 Å². The van der Waals surface area contributed by atoms with Crippen molar-refractivity contribution >= 4 is 0 Å². The van der Waals surface area contributed by atoms with Gasteiger partial charge in [0.05, 0.1) is 38.6 Å². The Hall–Kier alpha value is -0.240. The number of hydrogen-bond acceptors (Lipinski definition) is 6. The van der Waals surface area contributed by atoms with E-state index in [0.717, 1.165) is 0 Å². The molecule has 6 N–H and O–H groups in total. The topological polar surface area (TPSA) is 121 Å². The fourth-order valence-corrected chi connectivity index (χ4v) is 1.63. The normalized spacial score (nSPS) is 15.9. The smallest absolute Gasteiger partial charge is 0.0771 e. The van der Waals surface area contributed by atoms with E-state index in [1.54, 1.807) is 0 Å². The molecule has 2 unspecified atom stereocenters. The zero-order valence-corrected chi connectivity index (χ0v) is 9.99. The average molecular weight is 252 g/mol. The van der Waals surface area contributed by atoms with Crippen molar-refractivity contribution in [2.24, 2.45) is 5.41 Å². The van der Waals surface area contributed by atoms with Crippen LogP contribution in [0.5, 0.6) is 0 Å². The summed E-state index contributed by atoms with van der Waals surface area (Å²) in [5.74, 6) is 0. The van der Waals surface area contributed by atoms with Crippen molar-refractivity contribution in [3.05, 3.63) is 0 Å². The lowest BCUT2D eigenvalue weighted by Crippen LogP contribution is -2.37. The first-order valence-corrected chi connectivity index (χ1v) is 5.83.